The van der Waals surface area contributed by atoms with Gasteiger partial charge < -0.3 is 9.15 Å². The molecule has 0 radical (unpaired) electrons. The third kappa shape index (κ3) is 4.10. The Hall–Kier alpha value is -1.29. The maximum Gasteiger partial charge on any atom is 0.373 e. The SMILES string of the molecule is COC(=O)c1ccc(CN(CCC(C)C)C2CC2)o1. The zero-order valence-electron chi connectivity index (χ0n) is 12.0. The molecule has 0 unspecified atom stereocenters. The van der Waals surface area contributed by atoms with Gasteiger partial charge in [-0.15, -0.1) is 0 Å². The van der Waals surface area contributed by atoms with Crippen molar-refractivity contribution in [2.45, 2.75) is 45.7 Å². The van der Waals surface area contributed by atoms with E-state index in [2.05, 4.69) is 23.5 Å². The summed E-state index contributed by atoms with van der Waals surface area (Å²) in [7, 11) is 1.36. The van der Waals surface area contributed by atoms with Crippen molar-refractivity contribution in [3.63, 3.8) is 0 Å². The van der Waals surface area contributed by atoms with Crippen molar-refractivity contribution in [3.8, 4) is 0 Å². The lowest BCUT2D eigenvalue weighted by atomic mass is 10.1. The lowest BCUT2D eigenvalue weighted by Crippen LogP contribution is -2.27. The fourth-order valence-corrected chi connectivity index (χ4v) is 2.13. The van der Waals surface area contributed by atoms with Crippen molar-refractivity contribution < 1.29 is 13.9 Å². The maximum atomic E-state index is 11.3. The van der Waals surface area contributed by atoms with Crippen LogP contribution in [0.15, 0.2) is 16.5 Å². The molecule has 2 rings (SSSR count). The molecular formula is C15H23NO3. The van der Waals surface area contributed by atoms with E-state index >= 15 is 0 Å². The highest BCUT2D eigenvalue weighted by atomic mass is 16.5. The fraction of sp³-hybridized carbons (Fsp3) is 0.667. The molecule has 0 atom stereocenters. The summed E-state index contributed by atoms with van der Waals surface area (Å²) in [5, 5.41) is 0. The molecule has 0 aliphatic heterocycles. The minimum absolute atomic E-state index is 0.289. The van der Waals surface area contributed by atoms with Gasteiger partial charge in [0.05, 0.1) is 13.7 Å². The van der Waals surface area contributed by atoms with Gasteiger partial charge in [0, 0.05) is 6.04 Å². The first kappa shape index (κ1) is 14.1. The Balaban J connectivity index is 1.93. The Morgan fingerprint density at radius 1 is 1.47 bits per heavy atom. The normalized spacial score (nSPS) is 15.2. The van der Waals surface area contributed by atoms with Gasteiger partial charge in [0.2, 0.25) is 5.76 Å². The molecule has 106 valence electrons. The van der Waals surface area contributed by atoms with Gasteiger partial charge in [0.25, 0.3) is 0 Å². The van der Waals surface area contributed by atoms with Gasteiger partial charge in [-0.25, -0.2) is 4.79 Å². The lowest BCUT2D eigenvalue weighted by Gasteiger charge is -2.21. The fourth-order valence-electron chi connectivity index (χ4n) is 2.13. The van der Waals surface area contributed by atoms with Gasteiger partial charge in [-0.2, -0.15) is 0 Å². The molecule has 0 bridgehead atoms. The molecule has 1 aliphatic rings. The third-order valence-corrected chi connectivity index (χ3v) is 3.46. The Morgan fingerprint density at radius 2 is 2.21 bits per heavy atom. The first-order chi connectivity index (χ1) is 9.10. The van der Waals surface area contributed by atoms with E-state index in [4.69, 9.17) is 4.42 Å². The molecule has 19 heavy (non-hydrogen) atoms. The van der Waals surface area contributed by atoms with Gasteiger partial charge in [0.15, 0.2) is 0 Å². The number of hydrogen-bond acceptors (Lipinski definition) is 4. The summed E-state index contributed by atoms with van der Waals surface area (Å²) < 4.78 is 10.2. The summed E-state index contributed by atoms with van der Waals surface area (Å²) >= 11 is 0. The van der Waals surface area contributed by atoms with Gasteiger partial charge in [0.1, 0.15) is 5.76 Å². The minimum Gasteiger partial charge on any atom is -0.463 e. The lowest BCUT2D eigenvalue weighted by molar-refractivity contribution is 0.0561. The summed E-state index contributed by atoms with van der Waals surface area (Å²) in [5.74, 6) is 1.43. The van der Waals surface area contributed by atoms with Crippen LogP contribution in [-0.2, 0) is 11.3 Å². The van der Waals surface area contributed by atoms with Crippen LogP contribution in [0.5, 0.6) is 0 Å². The van der Waals surface area contributed by atoms with Crippen LogP contribution >= 0.6 is 0 Å². The summed E-state index contributed by atoms with van der Waals surface area (Å²) in [5.41, 5.74) is 0. The van der Waals surface area contributed by atoms with E-state index in [9.17, 15) is 4.79 Å². The van der Waals surface area contributed by atoms with Crippen LogP contribution in [0.1, 0.15) is 49.4 Å². The molecule has 4 nitrogen and oxygen atoms in total. The Labute approximate surface area is 114 Å². The van der Waals surface area contributed by atoms with Crippen LogP contribution in [0.4, 0.5) is 0 Å². The van der Waals surface area contributed by atoms with Crippen LogP contribution in [0, 0.1) is 5.92 Å². The molecule has 1 aliphatic carbocycles. The summed E-state index contributed by atoms with van der Waals surface area (Å²) in [6.45, 7) is 6.37. The number of ether oxygens (including phenoxy) is 1. The first-order valence-electron chi connectivity index (χ1n) is 7.01. The zero-order valence-corrected chi connectivity index (χ0v) is 12.0. The molecule has 0 N–H and O–H groups in total. The Morgan fingerprint density at radius 3 is 2.79 bits per heavy atom. The standard InChI is InChI=1S/C15H23NO3/c1-11(2)8-9-16(12-4-5-12)10-13-6-7-14(19-13)15(17)18-3/h6-7,11-12H,4-5,8-10H2,1-3H3. The third-order valence-electron chi connectivity index (χ3n) is 3.46. The number of esters is 1. The van der Waals surface area contributed by atoms with Gasteiger partial charge in [-0.05, 0) is 43.9 Å². The molecule has 1 aromatic rings. The number of hydrogen-bond donors (Lipinski definition) is 0. The predicted molar refractivity (Wildman–Crippen MR) is 72.9 cm³/mol. The van der Waals surface area contributed by atoms with Gasteiger partial charge in [-0.3, -0.25) is 4.90 Å². The average molecular weight is 265 g/mol. The average Bonchev–Trinajstić information content (AvgIpc) is 3.13. The van der Waals surface area contributed by atoms with Crippen LogP contribution < -0.4 is 0 Å². The van der Waals surface area contributed by atoms with Crippen LogP contribution in [0.2, 0.25) is 0 Å². The van der Waals surface area contributed by atoms with E-state index < -0.39 is 5.97 Å². The number of methoxy groups -OCH3 is 1. The molecule has 4 heteroatoms. The van der Waals surface area contributed by atoms with E-state index in [1.54, 1.807) is 6.07 Å². The van der Waals surface area contributed by atoms with E-state index in [1.165, 1.54) is 26.4 Å². The highest BCUT2D eigenvalue weighted by Gasteiger charge is 2.29. The number of carbonyl (C=O) groups excluding carboxylic acids is 1. The van der Waals surface area contributed by atoms with Crippen molar-refractivity contribution in [2.24, 2.45) is 5.92 Å². The van der Waals surface area contributed by atoms with E-state index in [0.29, 0.717) is 12.0 Å². The summed E-state index contributed by atoms with van der Waals surface area (Å²) in [4.78, 5) is 13.8. The number of furan rings is 1. The smallest absolute Gasteiger partial charge is 0.373 e. The molecule has 0 saturated heterocycles. The quantitative estimate of drug-likeness (QED) is 0.711. The molecule has 0 amide bonds. The number of rotatable bonds is 7. The predicted octanol–water partition coefficient (Wildman–Crippen LogP) is 3.08. The van der Waals surface area contributed by atoms with Crippen LogP contribution in [0.3, 0.4) is 0 Å². The second kappa shape index (κ2) is 6.24. The zero-order chi connectivity index (χ0) is 13.8. The molecule has 1 saturated carbocycles. The molecule has 0 aromatic carbocycles. The summed E-state index contributed by atoms with van der Waals surface area (Å²) in [6.07, 6.45) is 3.76. The minimum atomic E-state index is -0.411. The first-order valence-corrected chi connectivity index (χ1v) is 7.01. The second-order valence-corrected chi connectivity index (χ2v) is 5.64. The topological polar surface area (TPSA) is 42.7 Å². The maximum absolute atomic E-state index is 11.3. The van der Waals surface area contributed by atoms with Crippen molar-refractivity contribution in [3.05, 3.63) is 23.7 Å². The second-order valence-electron chi connectivity index (χ2n) is 5.64. The van der Waals surface area contributed by atoms with Gasteiger partial charge in [-0.1, -0.05) is 13.8 Å². The Bertz CT molecular complexity index is 421. The van der Waals surface area contributed by atoms with Crippen molar-refractivity contribution in [1.29, 1.82) is 0 Å². The molecule has 1 heterocycles. The molecular weight excluding hydrogens is 242 g/mol. The van der Waals surface area contributed by atoms with Crippen molar-refractivity contribution in [2.75, 3.05) is 13.7 Å². The van der Waals surface area contributed by atoms with Crippen molar-refractivity contribution >= 4 is 5.97 Å². The highest BCUT2D eigenvalue weighted by Crippen LogP contribution is 2.29. The highest BCUT2D eigenvalue weighted by molar-refractivity contribution is 5.86. The van der Waals surface area contributed by atoms with Crippen LogP contribution in [-0.4, -0.2) is 30.6 Å². The number of nitrogens with zero attached hydrogens (tertiary/aromatic N) is 1. The number of carbonyl (C=O) groups is 1. The largest absolute Gasteiger partial charge is 0.463 e. The van der Waals surface area contributed by atoms with Gasteiger partial charge >= 0.3 is 5.97 Å². The molecule has 1 fully saturated rings. The van der Waals surface area contributed by atoms with Crippen LogP contribution in [0.25, 0.3) is 0 Å². The molecule has 0 spiro atoms. The summed E-state index contributed by atoms with van der Waals surface area (Å²) in [6, 6.07) is 4.26. The van der Waals surface area contributed by atoms with E-state index in [-0.39, 0.29) is 5.76 Å². The van der Waals surface area contributed by atoms with E-state index in [0.717, 1.165) is 18.8 Å². The monoisotopic (exact) mass is 265 g/mol. The van der Waals surface area contributed by atoms with Crippen molar-refractivity contribution in [1.82, 2.24) is 4.90 Å². The van der Waals surface area contributed by atoms with E-state index in [1.807, 2.05) is 6.07 Å². The Kier molecular flexibility index (Phi) is 4.64. The molecule has 1 aromatic heterocycles.